The van der Waals surface area contributed by atoms with Crippen molar-refractivity contribution in [1.82, 2.24) is 9.97 Å². The van der Waals surface area contributed by atoms with E-state index in [9.17, 15) is 18.3 Å². The van der Waals surface area contributed by atoms with Gasteiger partial charge in [-0.3, -0.25) is 0 Å². The van der Waals surface area contributed by atoms with Crippen LogP contribution >= 0.6 is 0 Å². The summed E-state index contributed by atoms with van der Waals surface area (Å²) < 4.78 is 43.9. The first-order chi connectivity index (χ1) is 14.7. The molecule has 31 heavy (non-hydrogen) atoms. The molecule has 1 N–H and O–H groups in total. The average molecular weight is 424 g/mol. The van der Waals surface area contributed by atoms with Crippen LogP contribution < -0.4 is 4.74 Å². The van der Waals surface area contributed by atoms with Crippen molar-refractivity contribution in [3.05, 3.63) is 89.6 Å². The summed E-state index contributed by atoms with van der Waals surface area (Å²) in [5.41, 5.74) is -0.270. The minimum absolute atomic E-state index is 0.233. The fourth-order valence-corrected chi connectivity index (χ4v) is 3.44. The van der Waals surface area contributed by atoms with Gasteiger partial charge in [-0.2, -0.15) is 13.2 Å². The smallest absolute Gasteiger partial charge is 0.416 e. The van der Waals surface area contributed by atoms with Crippen LogP contribution in [-0.2, 0) is 11.8 Å². The molecule has 0 fully saturated rings. The molecule has 0 aliphatic rings. The van der Waals surface area contributed by atoms with Crippen LogP contribution in [0.15, 0.2) is 72.8 Å². The highest BCUT2D eigenvalue weighted by Gasteiger charge is 2.32. The van der Waals surface area contributed by atoms with Gasteiger partial charge < -0.3 is 9.84 Å². The normalized spacial score (nSPS) is 13.7. The van der Waals surface area contributed by atoms with E-state index in [1.54, 1.807) is 56.5 Å². The van der Waals surface area contributed by atoms with Crippen LogP contribution in [0.25, 0.3) is 22.3 Å². The third-order valence-corrected chi connectivity index (χ3v) is 5.19. The van der Waals surface area contributed by atoms with Gasteiger partial charge in [-0.05, 0) is 42.8 Å². The lowest BCUT2D eigenvalue weighted by Gasteiger charge is -2.25. The third kappa shape index (κ3) is 3.96. The molecular weight excluding hydrogens is 405 g/mol. The number of nitrogens with zero attached hydrogens (tertiary/aromatic N) is 2. The molecule has 0 saturated carbocycles. The summed E-state index contributed by atoms with van der Waals surface area (Å²) in [5, 5.41) is 12.1. The third-order valence-electron chi connectivity index (χ3n) is 5.19. The molecule has 1 unspecified atom stereocenters. The van der Waals surface area contributed by atoms with Crippen molar-refractivity contribution in [2.24, 2.45) is 0 Å². The Kier molecular flexibility index (Phi) is 5.15. The van der Waals surface area contributed by atoms with E-state index in [4.69, 9.17) is 4.74 Å². The second kappa shape index (κ2) is 7.67. The van der Waals surface area contributed by atoms with E-state index in [0.717, 1.165) is 12.1 Å². The molecule has 0 spiro atoms. The van der Waals surface area contributed by atoms with Gasteiger partial charge in [0.05, 0.1) is 23.9 Å². The Labute approximate surface area is 177 Å². The molecule has 1 aromatic heterocycles. The minimum atomic E-state index is -4.42. The van der Waals surface area contributed by atoms with Crippen LogP contribution in [0.2, 0.25) is 0 Å². The minimum Gasteiger partial charge on any atom is -0.497 e. The van der Waals surface area contributed by atoms with Gasteiger partial charge in [0.2, 0.25) is 0 Å². The summed E-state index contributed by atoms with van der Waals surface area (Å²) in [6.45, 7) is 1.63. The molecule has 158 valence electrons. The van der Waals surface area contributed by atoms with E-state index in [2.05, 4.69) is 9.97 Å². The number of aliphatic hydroxyl groups is 1. The molecule has 4 rings (SSSR count). The lowest BCUT2D eigenvalue weighted by Crippen LogP contribution is -2.25. The molecule has 4 nitrogen and oxygen atoms in total. The summed E-state index contributed by atoms with van der Waals surface area (Å²) >= 11 is 0. The first-order valence-electron chi connectivity index (χ1n) is 9.52. The van der Waals surface area contributed by atoms with Crippen molar-refractivity contribution in [2.45, 2.75) is 18.7 Å². The zero-order valence-corrected chi connectivity index (χ0v) is 16.8. The summed E-state index contributed by atoms with van der Waals surface area (Å²) in [7, 11) is 1.56. The van der Waals surface area contributed by atoms with Gasteiger partial charge in [-0.1, -0.05) is 42.5 Å². The van der Waals surface area contributed by atoms with Gasteiger partial charge in [0.1, 0.15) is 11.4 Å². The number of methoxy groups -OCH3 is 1. The summed E-state index contributed by atoms with van der Waals surface area (Å²) in [5.74, 6) is 0.883. The Balaban J connectivity index is 1.87. The highest BCUT2D eigenvalue weighted by molar-refractivity contribution is 5.84. The number of benzene rings is 3. The van der Waals surface area contributed by atoms with E-state index >= 15 is 0 Å². The maximum Gasteiger partial charge on any atom is 0.416 e. The van der Waals surface area contributed by atoms with Crippen molar-refractivity contribution in [3.63, 3.8) is 0 Å². The van der Waals surface area contributed by atoms with Crippen LogP contribution in [0.5, 0.6) is 5.75 Å². The predicted molar refractivity (Wildman–Crippen MR) is 112 cm³/mol. The fourth-order valence-electron chi connectivity index (χ4n) is 3.44. The molecule has 0 amide bonds. The molecule has 0 aliphatic carbocycles. The van der Waals surface area contributed by atoms with Crippen LogP contribution in [-0.4, -0.2) is 22.2 Å². The van der Waals surface area contributed by atoms with Crippen molar-refractivity contribution in [1.29, 1.82) is 0 Å². The molecule has 0 saturated heterocycles. The van der Waals surface area contributed by atoms with E-state index in [1.807, 2.05) is 6.07 Å². The molecule has 7 heteroatoms. The second-order valence-electron chi connectivity index (χ2n) is 7.29. The summed E-state index contributed by atoms with van der Waals surface area (Å²) in [6.07, 6.45) is -4.42. The number of halogens is 3. The highest BCUT2D eigenvalue weighted by atomic mass is 19.4. The maximum absolute atomic E-state index is 12.9. The summed E-state index contributed by atoms with van der Waals surface area (Å²) in [6, 6.07) is 18.8. The number of hydrogen-bond donors (Lipinski definition) is 1. The number of aromatic nitrogens is 2. The molecular formula is C24H19F3N2O2. The van der Waals surface area contributed by atoms with Crippen LogP contribution in [0.4, 0.5) is 13.2 Å². The fraction of sp³-hybridized carbons (Fsp3) is 0.167. The first kappa shape index (κ1) is 20.8. The lowest BCUT2D eigenvalue weighted by molar-refractivity contribution is -0.137. The molecule has 0 radical (unpaired) electrons. The van der Waals surface area contributed by atoms with Crippen LogP contribution in [0, 0.1) is 0 Å². The van der Waals surface area contributed by atoms with Gasteiger partial charge in [-0.25, -0.2) is 9.97 Å². The van der Waals surface area contributed by atoms with E-state index in [1.165, 1.54) is 12.1 Å². The van der Waals surface area contributed by atoms with E-state index < -0.39 is 17.3 Å². The number of hydrogen-bond acceptors (Lipinski definition) is 4. The lowest BCUT2D eigenvalue weighted by atomic mass is 9.89. The average Bonchev–Trinajstić information content (AvgIpc) is 2.78. The van der Waals surface area contributed by atoms with E-state index in [0.29, 0.717) is 33.5 Å². The van der Waals surface area contributed by atoms with Gasteiger partial charge >= 0.3 is 6.18 Å². The molecule has 1 atom stereocenters. The number of fused-ring (bicyclic) bond motifs is 1. The highest BCUT2D eigenvalue weighted by Crippen LogP contribution is 2.35. The van der Waals surface area contributed by atoms with Crippen molar-refractivity contribution in [2.75, 3.05) is 7.11 Å². The second-order valence-corrected chi connectivity index (χ2v) is 7.29. The van der Waals surface area contributed by atoms with Crippen molar-refractivity contribution >= 4 is 10.9 Å². The monoisotopic (exact) mass is 424 g/mol. The molecule has 3 aromatic carbocycles. The van der Waals surface area contributed by atoms with Crippen LogP contribution in [0.3, 0.4) is 0 Å². The Morgan fingerprint density at radius 2 is 1.42 bits per heavy atom. The van der Waals surface area contributed by atoms with E-state index in [-0.39, 0.29) is 5.82 Å². The standard InChI is InChI=1S/C24H19F3N2O2/c1-23(30,16-11-13-18(31-2)14-12-16)21-19-5-3-4-6-20(19)28-22(29-21)15-7-9-17(10-8-15)24(25,26)27/h3-14,30H,1-2H3. The molecule has 0 aliphatic heterocycles. The zero-order chi connectivity index (χ0) is 22.2. The first-order valence-corrected chi connectivity index (χ1v) is 9.52. The molecule has 1 heterocycles. The Morgan fingerprint density at radius 1 is 0.806 bits per heavy atom. The SMILES string of the molecule is COc1ccc(C(C)(O)c2nc(-c3ccc(C(F)(F)F)cc3)nc3ccccc23)cc1. The predicted octanol–water partition coefficient (Wildman–Crippen LogP) is 5.58. The van der Waals surface area contributed by atoms with Gasteiger partial charge in [0, 0.05) is 10.9 Å². The number of alkyl halides is 3. The van der Waals surface area contributed by atoms with Crippen LogP contribution in [0.1, 0.15) is 23.7 Å². The van der Waals surface area contributed by atoms with Gasteiger partial charge in [0.25, 0.3) is 0 Å². The van der Waals surface area contributed by atoms with Gasteiger partial charge in [-0.15, -0.1) is 0 Å². The molecule has 4 aromatic rings. The topological polar surface area (TPSA) is 55.2 Å². The number of para-hydroxylation sites is 1. The van der Waals surface area contributed by atoms with Crippen molar-refractivity contribution < 1.29 is 23.0 Å². The summed E-state index contributed by atoms with van der Waals surface area (Å²) in [4.78, 5) is 9.09. The molecule has 0 bridgehead atoms. The number of rotatable bonds is 4. The van der Waals surface area contributed by atoms with Crippen molar-refractivity contribution in [3.8, 4) is 17.1 Å². The quantitative estimate of drug-likeness (QED) is 0.465. The Morgan fingerprint density at radius 3 is 2.03 bits per heavy atom. The Hall–Kier alpha value is -3.45. The largest absolute Gasteiger partial charge is 0.497 e. The maximum atomic E-state index is 12.9. The number of ether oxygens (including phenoxy) is 1. The zero-order valence-electron chi connectivity index (χ0n) is 16.8. The Bertz CT molecular complexity index is 1220. The van der Waals surface area contributed by atoms with Gasteiger partial charge in [0.15, 0.2) is 5.82 Å².